The van der Waals surface area contributed by atoms with Crippen molar-refractivity contribution in [3.8, 4) is 51.3 Å². The zero-order valence-electron chi connectivity index (χ0n) is 30.9. The van der Waals surface area contributed by atoms with Crippen LogP contribution in [0, 0.1) is 0 Å². The molecule has 0 fully saturated rings. The highest BCUT2D eigenvalue weighted by molar-refractivity contribution is 6.12. The summed E-state index contributed by atoms with van der Waals surface area (Å²) in [5.74, 6) is 3.31. The molecule has 4 heterocycles. The molecule has 0 radical (unpaired) electrons. The van der Waals surface area contributed by atoms with Crippen molar-refractivity contribution < 1.29 is 9.15 Å². The number of fused-ring (bicyclic) bond motifs is 15. The number of rotatable bonds is 3. The van der Waals surface area contributed by atoms with Crippen LogP contribution < -0.4 is 4.74 Å². The van der Waals surface area contributed by atoms with Gasteiger partial charge in [0, 0.05) is 49.9 Å². The Bertz CT molecular complexity index is 3460. The van der Waals surface area contributed by atoms with Crippen molar-refractivity contribution in [3.05, 3.63) is 204 Å². The van der Waals surface area contributed by atoms with Gasteiger partial charge in [0.25, 0.3) is 0 Å². The maximum atomic E-state index is 6.98. The van der Waals surface area contributed by atoms with Gasteiger partial charge in [0.2, 0.25) is 5.95 Å². The number of para-hydroxylation sites is 3. The van der Waals surface area contributed by atoms with Gasteiger partial charge in [-0.25, -0.2) is 4.98 Å². The van der Waals surface area contributed by atoms with Crippen LogP contribution in [0.25, 0.3) is 83.6 Å². The number of aromatic nitrogens is 4. The summed E-state index contributed by atoms with van der Waals surface area (Å²) in [7, 11) is 0. The molecule has 0 atom stereocenters. The van der Waals surface area contributed by atoms with Gasteiger partial charge in [-0.1, -0.05) is 146 Å². The minimum Gasteiger partial charge on any atom is -0.457 e. The first kappa shape index (κ1) is 31.4. The molecule has 0 N–H and O–H groups in total. The molecule has 2 aliphatic rings. The Morgan fingerprint density at radius 2 is 1.05 bits per heavy atom. The third kappa shape index (κ3) is 4.13. The topological polar surface area (TPSA) is 66.0 Å². The van der Waals surface area contributed by atoms with Crippen LogP contribution in [-0.4, -0.2) is 19.5 Å². The Morgan fingerprint density at radius 3 is 1.88 bits per heavy atom. The van der Waals surface area contributed by atoms with E-state index in [0.29, 0.717) is 17.6 Å². The molecule has 1 aliphatic carbocycles. The maximum Gasteiger partial charge on any atom is 0.238 e. The molecule has 0 saturated carbocycles. The van der Waals surface area contributed by atoms with Crippen LogP contribution in [0.2, 0.25) is 0 Å². The van der Waals surface area contributed by atoms with Gasteiger partial charge < -0.3 is 9.15 Å². The van der Waals surface area contributed by atoms with Gasteiger partial charge in [0.15, 0.2) is 11.6 Å². The minimum absolute atomic E-state index is 0.516. The molecule has 1 spiro atoms. The fourth-order valence-electron chi connectivity index (χ4n) is 9.80. The number of furan rings is 1. The zero-order valence-corrected chi connectivity index (χ0v) is 30.9. The van der Waals surface area contributed by atoms with Gasteiger partial charge in [0.05, 0.1) is 16.4 Å². The molecule has 11 aromatic rings. The van der Waals surface area contributed by atoms with E-state index in [1.54, 1.807) is 0 Å². The van der Waals surface area contributed by atoms with E-state index in [0.717, 1.165) is 77.5 Å². The Balaban J connectivity index is 1.13. The summed E-state index contributed by atoms with van der Waals surface area (Å²) >= 11 is 0. The van der Waals surface area contributed by atoms with Gasteiger partial charge in [-0.2, -0.15) is 9.97 Å². The van der Waals surface area contributed by atoms with E-state index in [9.17, 15) is 0 Å². The predicted molar refractivity (Wildman–Crippen MR) is 230 cm³/mol. The van der Waals surface area contributed by atoms with Gasteiger partial charge in [-0.3, -0.25) is 4.57 Å². The van der Waals surface area contributed by atoms with Crippen molar-refractivity contribution in [2.24, 2.45) is 0 Å². The highest BCUT2D eigenvalue weighted by Gasteiger charge is 2.51. The van der Waals surface area contributed by atoms with Crippen molar-refractivity contribution in [1.29, 1.82) is 0 Å². The van der Waals surface area contributed by atoms with Crippen LogP contribution >= 0.6 is 0 Å². The van der Waals surface area contributed by atoms with Crippen LogP contribution in [0.15, 0.2) is 186 Å². The van der Waals surface area contributed by atoms with Crippen LogP contribution in [0.1, 0.15) is 22.3 Å². The summed E-state index contributed by atoms with van der Waals surface area (Å²) in [6.07, 6.45) is 0. The number of benzene rings is 8. The van der Waals surface area contributed by atoms with E-state index in [-0.39, 0.29) is 0 Å². The van der Waals surface area contributed by atoms with Crippen molar-refractivity contribution in [1.82, 2.24) is 19.5 Å². The molecule has 1 aliphatic heterocycles. The van der Waals surface area contributed by atoms with Crippen LogP contribution in [0.3, 0.4) is 0 Å². The molecule has 0 unspecified atom stereocenters. The van der Waals surface area contributed by atoms with E-state index in [2.05, 4.69) is 126 Å². The molecule has 270 valence electrons. The third-order valence-corrected chi connectivity index (χ3v) is 12.1. The first-order valence-corrected chi connectivity index (χ1v) is 19.5. The zero-order chi connectivity index (χ0) is 38.0. The lowest BCUT2D eigenvalue weighted by Gasteiger charge is -2.39. The molecule has 6 nitrogen and oxygen atoms in total. The summed E-state index contributed by atoms with van der Waals surface area (Å²) in [6, 6.07) is 63.6. The lowest BCUT2D eigenvalue weighted by Crippen LogP contribution is -2.32. The SMILES string of the molecule is c1ccc(-c2nc(-c3cccc4oc5ccccc5c34)nc(-n3c4ccccc4c4cc5c(cc43)Oc3ccccc3C53c4ccccc4-c4ccccc43)n2)cc1. The second-order valence-electron chi connectivity index (χ2n) is 15.1. The third-order valence-electron chi connectivity index (χ3n) is 12.1. The lowest BCUT2D eigenvalue weighted by molar-refractivity contribution is 0.437. The number of nitrogens with zero attached hydrogens (tertiary/aromatic N) is 4. The smallest absolute Gasteiger partial charge is 0.238 e. The Kier molecular flexibility index (Phi) is 6.28. The molecule has 0 saturated heterocycles. The van der Waals surface area contributed by atoms with Crippen LogP contribution in [0.5, 0.6) is 11.5 Å². The summed E-state index contributed by atoms with van der Waals surface area (Å²) < 4.78 is 15.5. The highest BCUT2D eigenvalue weighted by Crippen LogP contribution is 2.62. The first-order chi connectivity index (χ1) is 28.8. The second kappa shape index (κ2) is 11.6. The van der Waals surface area contributed by atoms with E-state index in [1.165, 1.54) is 22.3 Å². The van der Waals surface area contributed by atoms with Gasteiger partial charge in [-0.15, -0.1) is 0 Å². The molecule has 3 aromatic heterocycles. The van der Waals surface area contributed by atoms with Gasteiger partial charge >= 0.3 is 0 Å². The van der Waals surface area contributed by atoms with E-state index in [1.807, 2.05) is 60.7 Å². The van der Waals surface area contributed by atoms with Crippen molar-refractivity contribution in [3.63, 3.8) is 0 Å². The van der Waals surface area contributed by atoms with Crippen molar-refractivity contribution in [2.75, 3.05) is 0 Å². The normalized spacial score (nSPS) is 13.4. The minimum atomic E-state index is -0.582. The Labute approximate surface area is 332 Å². The highest BCUT2D eigenvalue weighted by atomic mass is 16.5. The van der Waals surface area contributed by atoms with Crippen LogP contribution in [0.4, 0.5) is 0 Å². The van der Waals surface area contributed by atoms with Gasteiger partial charge in [-0.05, 0) is 52.6 Å². The van der Waals surface area contributed by atoms with Crippen LogP contribution in [-0.2, 0) is 5.41 Å². The summed E-state index contributed by atoms with van der Waals surface area (Å²) in [5.41, 5.74) is 12.0. The summed E-state index contributed by atoms with van der Waals surface area (Å²) in [6.45, 7) is 0. The maximum absolute atomic E-state index is 6.98. The molecule has 0 bridgehead atoms. The molecular formula is C52H30N4O2. The molecule has 13 rings (SSSR count). The Morgan fingerprint density at radius 1 is 0.414 bits per heavy atom. The second-order valence-corrected chi connectivity index (χ2v) is 15.1. The number of hydrogen-bond donors (Lipinski definition) is 0. The predicted octanol–water partition coefficient (Wildman–Crippen LogP) is 12.7. The molecule has 8 aromatic carbocycles. The lowest BCUT2D eigenvalue weighted by atomic mass is 9.66. The fourth-order valence-corrected chi connectivity index (χ4v) is 9.80. The van der Waals surface area contributed by atoms with E-state index >= 15 is 0 Å². The summed E-state index contributed by atoms with van der Waals surface area (Å²) in [4.78, 5) is 15.8. The van der Waals surface area contributed by atoms with E-state index in [4.69, 9.17) is 24.1 Å². The molecule has 6 heteroatoms. The molecule has 0 amide bonds. The number of ether oxygens (including phenoxy) is 1. The largest absolute Gasteiger partial charge is 0.457 e. The van der Waals surface area contributed by atoms with Gasteiger partial charge in [0.1, 0.15) is 22.7 Å². The van der Waals surface area contributed by atoms with Crippen molar-refractivity contribution >= 4 is 43.7 Å². The molecular weight excluding hydrogens is 713 g/mol. The van der Waals surface area contributed by atoms with Crippen molar-refractivity contribution in [2.45, 2.75) is 5.41 Å². The number of hydrogen-bond acceptors (Lipinski definition) is 5. The Hall–Kier alpha value is -7.83. The summed E-state index contributed by atoms with van der Waals surface area (Å²) in [5, 5.41) is 4.17. The van der Waals surface area contributed by atoms with E-state index < -0.39 is 5.41 Å². The average molecular weight is 743 g/mol. The quantitative estimate of drug-likeness (QED) is 0.180. The first-order valence-electron chi connectivity index (χ1n) is 19.5. The monoisotopic (exact) mass is 742 g/mol. The standard InChI is InChI=1S/C52H30N4O2/c1-2-15-31(16-3-1)49-53-50(36-21-14-28-46-48(36)35-20-7-12-26-44(35)57-46)55-51(54-49)56-42-25-11-6-19-34(42)37-29-41-47(30-43(37)56)58-45-27-13-10-24-40(45)52(41)38-22-8-4-17-32(38)33-18-5-9-23-39(33)52/h1-30H. The fraction of sp³-hybridized carbons (Fsp3) is 0.0192. The molecule has 58 heavy (non-hydrogen) atoms. The average Bonchev–Trinajstić information content (AvgIpc) is 3.93.